The monoisotopic (exact) mass is 520 g/mol. The van der Waals surface area contributed by atoms with Crippen LogP contribution in [0.1, 0.15) is 32.8 Å². The van der Waals surface area contributed by atoms with E-state index in [1.807, 2.05) is 39.0 Å². The minimum Gasteiger partial charge on any atom is -0.497 e. The summed E-state index contributed by atoms with van der Waals surface area (Å²) in [6.07, 6.45) is 0.455. The molecule has 2 rings (SSSR count). The smallest absolute Gasteiger partial charge is 0.407 e. The Hall–Kier alpha value is -1.91. The van der Waals surface area contributed by atoms with Crippen molar-refractivity contribution >= 4 is 36.0 Å². The fourth-order valence-electron chi connectivity index (χ4n) is 3.05. The molecule has 1 heterocycles. The van der Waals surface area contributed by atoms with Gasteiger partial charge in [0.25, 0.3) is 0 Å². The maximum atomic E-state index is 12.0. The molecule has 8 nitrogen and oxygen atoms in total. The van der Waals surface area contributed by atoms with Gasteiger partial charge in [-0.25, -0.2) is 4.79 Å². The number of carbonyl (C=O) groups is 1. The summed E-state index contributed by atoms with van der Waals surface area (Å²) in [7, 11) is 5.02. The Morgan fingerprint density at radius 2 is 2.00 bits per heavy atom. The van der Waals surface area contributed by atoms with Crippen LogP contribution < -0.4 is 20.1 Å². The van der Waals surface area contributed by atoms with Crippen molar-refractivity contribution < 1.29 is 19.0 Å². The lowest BCUT2D eigenvalue weighted by Gasteiger charge is -2.23. The van der Waals surface area contributed by atoms with Gasteiger partial charge in [-0.3, -0.25) is 4.99 Å². The highest BCUT2D eigenvalue weighted by Gasteiger charge is 2.27. The summed E-state index contributed by atoms with van der Waals surface area (Å²) in [6.45, 7) is 7.62. The molecule has 1 unspecified atom stereocenters. The van der Waals surface area contributed by atoms with Crippen LogP contribution >= 0.6 is 24.0 Å². The van der Waals surface area contributed by atoms with Gasteiger partial charge in [0, 0.05) is 38.3 Å². The molecule has 1 aliphatic rings. The first-order valence-electron chi connectivity index (χ1n) is 9.41. The van der Waals surface area contributed by atoms with Crippen molar-refractivity contribution in [2.75, 3.05) is 34.4 Å². The summed E-state index contributed by atoms with van der Waals surface area (Å²) in [5, 5.41) is 6.29. The maximum absolute atomic E-state index is 12.0. The molecule has 1 aromatic rings. The third kappa shape index (κ3) is 7.79. The lowest BCUT2D eigenvalue weighted by Crippen LogP contribution is -2.44. The molecular formula is C20H33IN4O4. The second-order valence-electron chi connectivity index (χ2n) is 7.66. The molecule has 29 heavy (non-hydrogen) atoms. The SMILES string of the molecule is CN=C(NCc1ccc(OC)cc1OC)N1CCC(NC(=O)OC(C)(C)C)C1.I. The molecule has 1 aliphatic heterocycles. The van der Waals surface area contributed by atoms with E-state index in [0.717, 1.165) is 36.0 Å². The number of ether oxygens (including phenoxy) is 3. The van der Waals surface area contributed by atoms with Gasteiger partial charge in [-0.05, 0) is 39.3 Å². The van der Waals surface area contributed by atoms with Gasteiger partial charge in [0.1, 0.15) is 17.1 Å². The molecule has 0 spiro atoms. The molecule has 1 saturated heterocycles. The van der Waals surface area contributed by atoms with Crippen LogP contribution in [0.4, 0.5) is 4.79 Å². The highest BCUT2D eigenvalue weighted by Crippen LogP contribution is 2.24. The average Bonchev–Trinajstić information content (AvgIpc) is 3.08. The summed E-state index contributed by atoms with van der Waals surface area (Å²) in [6, 6.07) is 5.76. The maximum Gasteiger partial charge on any atom is 0.407 e. The van der Waals surface area contributed by atoms with Crippen LogP contribution in [0.5, 0.6) is 11.5 Å². The van der Waals surface area contributed by atoms with Crippen molar-refractivity contribution in [2.45, 2.75) is 45.4 Å². The molecule has 1 atom stereocenters. The third-order valence-corrected chi connectivity index (χ3v) is 4.35. The fraction of sp³-hybridized carbons (Fsp3) is 0.600. The first-order chi connectivity index (χ1) is 13.3. The zero-order valence-electron chi connectivity index (χ0n) is 18.1. The van der Waals surface area contributed by atoms with Gasteiger partial charge in [-0.15, -0.1) is 24.0 Å². The van der Waals surface area contributed by atoms with Gasteiger partial charge in [0.05, 0.1) is 20.3 Å². The van der Waals surface area contributed by atoms with Crippen molar-refractivity contribution in [3.63, 3.8) is 0 Å². The van der Waals surface area contributed by atoms with E-state index < -0.39 is 5.60 Å². The van der Waals surface area contributed by atoms with Crippen LogP contribution in [0.2, 0.25) is 0 Å². The largest absolute Gasteiger partial charge is 0.497 e. The van der Waals surface area contributed by atoms with Crippen LogP contribution in [-0.2, 0) is 11.3 Å². The normalized spacial score (nSPS) is 16.7. The van der Waals surface area contributed by atoms with Crippen molar-refractivity contribution in [1.82, 2.24) is 15.5 Å². The minimum absolute atomic E-state index is 0. The molecule has 2 N–H and O–H groups in total. The molecule has 0 aliphatic carbocycles. The van der Waals surface area contributed by atoms with Crippen LogP contribution in [0.3, 0.4) is 0 Å². The van der Waals surface area contributed by atoms with E-state index in [-0.39, 0.29) is 36.1 Å². The standard InChI is InChI=1S/C20H32N4O4.HI/c1-20(2,3)28-19(25)23-15-9-10-24(13-15)18(21-4)22-12-14-7-8-16(26-5)11-17(14)27-6;/h7-8,11,15H,9-10,12-13H2,1-6H3,(H,21,22)(H,23,25);1H. The predicted octanol–water partition coefficient (Wildman–Crippen LogP) is 3.00. The lowest BCUT2D eigenvalue weighted by molar-refractivity contribution is 0.0507. The number of benzene rings is 1. The molecule has 1 aromatic carbocycles. The van der Waals surface area contributed by atoms with Crippen LogP contribution in [-0.4, -0.2) is 63.0 Å². The molecule has 1 fully saturated rings. The highest BCUT2D eigenvalue weighted by atomic mass is 127. The van der Waals surface area contributed by atoms with Gasteiger partial charge < -0.3 is 29.7 Å². The topological polar surface area (TPSA) is 84.4 Å². The molecule has 164 valence electrons. The lowest BCUT2D eigenvalue weighted by atomic mass is 10.2. The van der Waals surface area contributed by atoms with Gasteiger partial charge in [0.15, 0.2) is 5.96 Å². The number of alkyl carbamates (subject to hydrolysis) is 1. The van der Waals surface area contributed by atoms with Gasteiger partial charge >= 0.3 is 6.09 Å². The van der Waals surface area contributed by atoms with E-state index in [0.29, 0.717) is 13.1 Å². The summed E-state index contributed by atoms with van der Waals surface area (Å²) < 4.78 is 16.0. The van der Waals surface area contributed by atoms with Gasteiger partial charge in [-0.1, -0.05) is 0 Å². The first-order valence-corrected chi connectivity index (χ1v) is 9.41. The number of hydrogen-bond acceptors (Lipinski definition) is 5. The van der Waals surface area contributed by atoms with Crippen molar-refractivity contribution in [3.8, 4) is 11.5 Å². The van der Waals surface area contributed by atoms with Gasteiger partial charge in [0.2, 0.25) is 0 Å². The number of methoxy groups -OCH3 is 2. The summed E-state index contributed by atoms with van der Waals surface area (Å²) in [5.41, 5.74) is 0.504. The Labute approximate surface area is 190 Å². The van der Waals surface area contributed by atoms with E-state index in [2.05, 4.69) is 20.5 Å². The number of hydrogen-bond donors (Lipinski definition) is 2. The number of likely N-dealkylation sites (tertiary alicyclic amines) is 1. The second-order valence-corrected chi connectivity index (χ2v) is 7.66. The average molecular weight is 520 g/mol. The van der Waals surface area contributed by atoms with E-state index in [4.69, 9.17) is 14.2 Å². The molecule has 9 heteroatoms. The van der Waals surface area contributed by atoms with E-state index in [1.165, 1.54) is 0 Å². The van der Waals surface area contributed by atoms with Crippen LogP contribution in [0, 0.1) is 0 Å². The third-order valence-electron chi connectivity index (χ3n) is 4.35. The zero-order valence-corrected chi connectivity index (χ0v) is 20.4. The zero-order chi connectivity index (χ0) is 20.7. The number of rotatable bonds is 5. The Balaban J connectivity index is 0.00000420. The van der Waals surface area contributed by atoms with Crippen LogP contribution in [0.15, 0.2) is 23.2 Å². The Kier molecular flexibility index (Phi) is 9.81. The van der Waals surface area contributed by atoms with E-state index >= 15 is 0 Å². The molecule has 0 radical (unpaired) electrons. The molecule has 0 aromatic heterocycles. The number of carbonyl (C=O) groups excluding carboxylic acids is 1. The number of halogens is 1. The quantitative estimate of drug-likeness (QED) is 0.353. The highest BCUT2D eigenvalue weighted by molar-refractivity contribution is 14.0. The number of amides is 1. The minimum atomic E-state index is -0.503. The van der Waals surface area contributed by atoms with Crippen molar-refractivity contribution in [2.24, 2.45) is 4.99 Å². The fourth-order valence-corrected chi connectivity index (χ4v) is 3.05. The van der Waals surface area contributed by atoms with Gasteiger partial charge in [-0.2, -0.15) is 0 Å². The first kappa shape index (κ1) is 25.1. The number of nitrogens with zero attached hydrogens (tertiary/aromatic N) is 2. The number of nitrogens with one attached hydrogen (secondary N) is 2. The Bertz CT molecular complexity index is 706. The van der Waals surface area contributed by atoms with Crippen LogP contribution in [0.25, 0.3) is 0 Å². The summed E-state index contributed by atoms with van der Waals surface area (Å²) in [4.78, 5) is 18.5. The van der Waals surface area contributed by atoms with E-state index in [1.54, 1.807) is 21.3 Å². The van der Waals surface area contributed by atoms with E-state index in [9.17, 15) is 4.79 Å². The molecule has 0 saturated carbocycles. The Morgan fingerprint density at radius 3 is 2.59 bits per heavy atom. The predicted molar refractivity (Wildman–Crippen MR) is 125 cm³/mol. The number of aliphatic imine (C=N–C) groups is 1. The molecule has 1 amide bonds. The summed E-state index contributed by atoms with van der Waals surface area (Å²) >= 11 is 0. The number of guanidine groups is 1. The molecule has 0 bridgehead atoms. The Morgan fingerprint density at radius 1 is 1.28 bits per heavy atom. The summed E-state index contributed by atoms with van der Waals surface area (Å²) in [5.74, 6) is 2.29. The molecular weight excluding hydrogens is 487 g/mol. The van der Waals surface area contributed by atoms with Crippen molar-refractivity contribution in [3.05, 3.63) is 23.8 Å². The second kappa shape index (κ2) is 11.3. The van der Waals surface area contributed by atoms with Crippen molar-refractivity contribution in [1.29, 1.82) is 0 Å².